The Morgan fingerprint density at radius 2 is 1.92 bits per heavy atom. The summed E-state index contributed by atoms with van der Waals surface area (Å²) in [6.45, 7) is 0. The third-order valence-electron chi connectivity index (χ3n) is 4.18. The van der Waals surface area contributed by atoms with Crippen LogP contribution in [-0.4, -0.2) is 10.1 Å². The van der Waals surface area contributed by atoms with E-state index in [2.05, 4.69) is 11.1 Å². The third kappa shape index (κ3) is 2.05. The number of benzene rings is 2. The summed E-state index contributed by atoms with van der Waals surface area (Å²) in [5.41, 5.74) is 8.75. The van der Waals surface area contributed by atoms with E-state index in [1.54, 1.807) is 30.5 Å². The van der Waals surface area contributed by atoms with Crippen molar-refractivity contribution in [3.8, 4) is 17.6 Å². The average molecular weight is 315 g/mol. The predicted molar refractivity (Wildman–Crippen MR) is 89.1 cm³/mol. The molecule has 2 heterocycles. The van der Waals surface area contributed by atoms with Gasteiger partial charge in [-0.1, -0.05) is 30.3 Å². The van der Waals surface area contributed by atoms with E-state index in [9.17, 15) is 10.4 Å². The fourth-order valence-electron chi connectivity index (χ4n) is 3.06. The molecular formula is C19H13N3O2. The Morgan fingerprint density at radius 3 is 2.67 bits per heavy atom. The van der Waals surface area contributed by atoms with Gasteiger partial charge in [0.1, 0.15) is 22.9 Å². The molecule has 0 saturated carbocycles. The maximum absolute atomic E-state index is 9.55. The molecule has 0 aliphatic carbocycles. The maximum atomic E-state index is 9.55. The molecule has 4 rings (SSSR count). The van der Waals surface area contributed by atoms with Gasteiger partial charge in [-0.2, -0.15) is 5.26 Å². The van der Waals surface area contributed by atoms with Crippen molar-refractivity contribution in [2.24, 2.45) is 5.73 Å². The molecule has 1 aromatic heterocycles. The minimum absolute atomic E-state index is 0.0845. The minimum Gasteiger partial charge on any atom is -0.508 e. The molecule has 24 heavy (non-hydrogen) atoms. The van der Waals surface area contributed by atoms with Crippen molar-refractivity contribution in [2.45, 2.75) is 5.92 Å². The summed E-state index contributed by atoms with van der Waals surface area (Å²) >= 11 is 0. The molecule has 1 aliphatic heterocycles. The molecular weight excluding hydrogens is 302 g/mol. The van der Waals surface area contributed by atoms with Crippen LogP contribution in [0, 0.1) is 11.3 Å². The van der Waals surface area contributed by atoms with Crippen LogP contribution < -0.4 is 10.5 Å². The first-order valence-corrected chi connectivity index (χ1v) is 7.43. The number of fused-ring (bicyclic) bond motifs is 3. The van der Waals surface area contributed by atoms with Crippen molar-refractivity contribution in [2.75, 3.05) is 0 Å². The zero-order chi connectivity index (χ0) is 16.7. The average Bonchev–Trinajstić information content (AvgIpc) is 2.61. The summed E-state index contributed by atoms with van der Waals surface area (Å²) in [4.78, 5) is 4.40. The van der Waals surface area contributed by atoms with E-state index < -0.39 is 0 Å². The van der Waals surface area contributed by atoms with E-state index in [-0.39, 0.29) is 17.6 Å². The van der Waals surface area contributed by atoms with Crippen LogP contribution in [0.3, 0.4) is 0 Å². The van der Waals surface area contributed by atoms with Gasteiger partial charge in [0, 0.05) is 17.1 Å². The zero-order valence-corrected chi connectivity index (χ0v) is 12.6. The second-order valence-electron chi connectivity index (χ2n) is 5.58. The van der Waals surface area contributed by atoms with Crippen LogP contribution in [0.25, 0.3) is 10.9 Å². The number of aromatic nitrogens is 1. The van der Waals surface area contributed by atoms with Gasteiger partial charge in [0.05, 0.1) is 5.92 Å². The summed E-state index contributed by atoms with van der Waals surface area (Å²) in [7, 11) is 0. The molecule has 1 aliphatic rings. The first kappa shape index (κ1) is 14.1. The molecule has 3 N–H and O–H groups in total. The molecule has 0 saturated heterocycles. The number of hydrogen-bond acceptors (Lipinski definition) is 5. The van der Waals surface area contributed by atoms with Crippen LogP contribution in [0.5, 0.6) is 11.5 Å². The lowest BCUT2D eigenvalue weighted by atomic mass is 9.83. The highest BCUT2D eigenvalue weighted by Crippen LogP contribution is 2.44. The Morgan fingerprint density at radius 1 is 1.12 bits per heavy atom. The topological polar surface area (TPSA) is 92.2 Å². The molecule has 0 bridgehead atoms. The Balaban J connectivity index is 2.00. The quantitative estimate of drug-likeness (QED) is 0.719. The first-order valence-electron chi connectivity index (χ1n) is 7.43. The molecule has 0 spiro atoms. The molecule has 0 fully saturated rings. The number of allylic oxidation sites excluding steroid dienone is 1. The number of nitrogens with two attached hydrogens (primary N) is 1. The third-order valence-corrected chi connectivity index (χ3v) is 4.18. The van der Waals surface area contributed by atoms with Crippen molar-refractivity contribution in [3.63, 3.8) is 0 Å². The van der Waals surface area contributed by atoms with Gasteiger partial charge < -0.3 is 15.6 Å². The largest absolute Gasteiger partial charge is 0.508 e. The summed E-state index contributed by atoms with van der Waals surface area (Å²) in [6, 6.07) is 16.6. The lowest BCUT2D eigenvalue weighted by Crippen LogP contribution is -2.21. The summed E-state index contributed by atoms with van der Waals surface area (Å²) in [5, 5.41) is 20.0. The van der Waals surface area contributed by atoms with Crippen LogP contribution in [0.4, 0.5) is 0 Å². The second-order valence-corrected chi connectivity index (χ2v) is 5.58. The SMILES string of the molecule is N#CC1=C(N)Oc2c(ccc3cccnc23)[C@H]1c1ccc(O)cc1. The van der Waals surface area contributed by atoms with Crippen LogP contribution >= 0.6 is 0 Å². The smallest absolute Gasteiger partial charge is 0.205 e. The van der Waals surface area contributed by atoms with Gasteiger partial charge in [-0.15, -0.1) is 0 Å². The van der Waals surface area contributed by atoms with Gasteiger partial charge in [0.2, 0.25) is 5.88 Å². The van der Waals surface area contributed by atoms with Crippen LogP contribution in [0.1, 0.15) is 17.0 Å². The Hall–Kier alpha value is -3.52. The van der Waals surface area contributed by atoms with Crippen molar-refractivity contribution in [1.29, 1.82) is 5.26 Å². The van der Waals surface area contributed by atoms with Gasteiger partial charge >= 0.3 is 0 Å². The number of pyridine rings is 1. The van der Waals surface area contributed by atoms with E-state index in [1.165, 1.54) is 0 Å². The second kappa shape index (κ2) is 5.28. The van der Waals surface area contributed by atoms with E-state index in [1.807, 2.05) is 24.3 Å². The number of phenolic OH excluding ortho intramolecular Hbond substituents is 1. The highest BCUT2D eigenvalue weighted by atomic mass is 16.5. The molecule has 0 radical (unpaired) electrons. The molecule has 0 unspecified atom stereocenters. The van der Waals surface area contributed by atoms with Gasteiger partial charge in [0.25, 0.3) is 0 Å². The monoisotopic (exact) mass is 315 g/mol. The van der Waals surface area contributed by atoms with Crippen LogP contribution in [-0.2, 0) is 0 Å². The van der Waals surface area contributed by atoms with E-state index >= 15 is 0 Å². The van der Waals surface area contributed by atoms with Gasteiger partial charge in [-0.25, -0.2) is 0 Å². The van der Waals surface area contributed by atoms with E-state index in [0.29, 0.717) is 16.8 Å². The number of aromatic hydroxyl groups is 1. The maximum Gasteiger partial charge on any atom is 0.205 e. The molecule has 116 valence electrons. The summed E-state index contributed by atoms with van der Waals surface area (Å²) < 4.78 is 5.75. The lowest BCUT2D eigenvalue weighted by molar-refractivity contribution is 0.397. The normalized spacial score (nSPS) is 16.4. The highest BCUT2D eigenvalue weighted by Gasteiger charge is 2.31. The van der Waals surface area contributed by atoms with Crippen molar-refractivity contribution < 1.29 is 9.84 Å². The molecule has 5 heteroatoms. The van der Waals surface area contributed by atoms with E-state index in [4.69, 9.17) is 10.5 Å². The number of ether oxygens (including phenoxy) is 1. The van der Waals surface area contributed by atoms with Gasteiger partial charge in [0.15, 0.2) is 5.75 Å². The van der Waals surface area contributed by atoms with Gasteiger partial charge in [-0.3, -0.25) is 4.98 Å². The number of nitrogens with zero attached hydrogens (tertiary/aromatic N) is 2. The Bertz CT molecular complexity index is 1020. The summed E-state index contributed by atoms with van der Waals surface area (Å²) in [6.07, 6.45) is 1.70. The highest BCUT2D eigenvalue weighted by molar-refractivity contribution is 5.87. The Kier molecular flexibility index (Phi) is 3.10. The fraction of sp³-hybridized carbons (Fsp3) is 0.0526. The predicted octanol–water partition coefficient (Wildman–Crippen LogP) is 3.16. The first-order chi connectivity index (χ1) is 11.7. The summed E-state index contributed by atoms with van der Waals surface area (Å²) in [5.74, 6) is 0.469. The number of nitriles is 1. The lowest BCUT2D eigenvalue weighted by Gasteiger charge is -2.27. The van der Waals surface area contributed by atoms with Crippen molar-refractivity contribution in [1.82, 2.24) is 4.98 Å². The van der Waals surface area contributed by atoms with Crippen LogP contribution in [0.2, 0.25) is 0 Å². The fourth-order valence-corrected chi connectivity index (χ4v) is 3.06. The molecule has 0 amide bonds. The van der Waals surface area contributed by atoms with Crippen molar-refractivity contribution in [3.05, 3.63) is 77.3 Å². The molecule has 2 aromatic carbocycles. The number of rotatable bonds is 1. The van der Waals surface area contributed by atoms with Crippen LogP contribution in [0.15, 0.2) is 66.2 Å². The molecule has 1 atom stereocenters. The minimum atomic E-state index is -0.356. The zero-order valence-electron chi connectivity index (χ0n) is 12.6. The molecule has 5 nitrogen and oxygen atoms in total. The standard InChI is InChI=1S/C19H13N3O2/c20-10-15-16(11-3-6-13(23)7-4-11)14-8-5-12-2-1-9-22-17(12)18(14)24-19(15)21/h1-9,16,23H,21H2/t16-/m1/s1. The molecule has 3 aromatic rings. The Labute approximate surface area is 138 Å². The number of hydrogen-bond donors (Lipinski definition) is 2. The van der Waals surface area contributed by atoms with E-state index in [0.717, 1.165) is 16.5 Å². The van der Waals surface area contributed by atoms with Gasteiger partial charge in [-0.05, 0) is 23.8 Å². The number of phenols is 1. The van der Waals surface area contributed by atoms with Crippen molar-refractivity contribution >= 4 is 10.9 Å².